The standard InChI is InChI=1S/C26H41N3O4/c1-7-15-29(22(30)17-27-25(32)33-26(4,5)6)23(20-14-13-18(2)19(3)16-20)24(31)28-21-11-9-8-10-12-21/h13-14,16,21,23H,7-12,15,17H2,1-6H3,(H,27,32)(H,28,31). The third-order valence-electron chi connectivity index (χ3n) is 5.93. The molecule has 7 nitrogen and oxygen atoms in total. The maximum Gasteiger partial charge on any atom is 0.408 e. The van der Waals surface area contributed by atoms with Gasteiger partial charge in [-0.3, -0.25) is 9.59 Å². The van der Waals surface area contributed by atoms with Crippen molar-refractivity contribution in [2.24, 2.45) is 0 Å². The smallest absolute Gasteiger partial charge is 0.408 e. The molecule has 1 atom stereocenters. The van der Waals surface area contributed by atoms with E-state index in [2.05, 4.69) is 10.6 Å². The maximum atomic E-state index is 13.5. The van der Waals surface area contributed by atoms with E-state index < -0.39 is 17.7 Å². The van der Waals surface area contributed by atoms with Crippen LogP contribution in [0.15, 0.2) is 18.2 Å². The van der Waals surface area contributed by atoms with Crippen LogP contribution in [0.1, 0.15) is 89.0 Å². The van der Waals surface area contributed by atoms with Crippen molar-refractivity contribution in [1.29, 1.82) is 0 Å². The molecule has 0 radical (unpaired) electrons. The van der Waals surface area contributed by atoms with Gasteiger partial charge in [0.05, 0.1) is 0 Å². The molecule has 0 aliphatic heterocycles. The van der Waals surface area contributed by atoms with E-state index >= 15 is 0 Å². The molecule has 0 spiro atoms. The molecule has 0 heterocycles. The van der Waals surface area contributed by atoms with Crippen molar-refractivity contribution in [3.05, 3.63) is 34.9 Å². The van der Waals surface area contributed by atoms with Crippen LogP contribution in [0.3, 0.4) is 0 Å². The van der Waals surface area contributed by atoms with Gasteiger partial charge in [-0.25, -0.2) is 4.79 Å². The van der Waals surface area contributed by atoms with Crippen LogP contribution in [0.2, 0.25) is 0 Å². The lowest BCUT2D eigenvalue weighted by atomic mass is 9.94. The minimum absolute atomic E-state index is 0.138. The summed E-state index contributed by atoms with van der Waals surface area (Å²) in [4.78, 5) is 40.4. The van der Waals surface area contributed by atoms with Crippen molar-refractivity contribution in [3.8, 4) is 0 Å². The van der Waals surface area contributed by atoms with Gasteiger partial charge in [0.1, 0.15) is 18.2 Å². The predicted octanol–water partition coefficient (Wildman–Crippen LogP) is 4.56. The van der Waals surface area contributed by atoms with Crippen LogP contribution in [0, 0.1) is 13.8 Å². The summed E-state index contributed by atoms with van der Waals surface area (Å²) in [5.74, 6) is -0.478. The van der Waals surface area contributed by atoms with Crippen molar-refractivity contribution in [3.63, 3.8) is 0 Å². The Morgan fingerprint density at radius 2 is 1.76 bits per heavy atom. The van der Waals surface area contributed by atoms with E-state index in [0.717, 1.165) is 42.4 Å². The molecule has 1 fully saturated rings. The summed E-state index contributed by atoms with van der Waals surface area (Å²) in [5.41, 5.74) is 2.33. The van der Waals surface area contributed by atoms with E-state index in [-0.39, 0.29) is 24.4 Å². The SMILES string of the molecule is CCCN(C(=O)CNC(=O)OC(C)(C)C)C(C(=O)NC1CCCCC1)c1ccc(C)c(C)c1. The first-order valence-electron chi connectivity index (χ1n) is 12.2. The number of hydrogen-bond acceptors (Lipinski definition) is 4. The molecular formula is C26H41N3O4. The molecule has 0 aromatic heterocycles. The topological polar surface area (TPSA) is 87.7 Å². The highest BCUT2D eigenvalue weighted by atomic mass is 16.6. The molecule has 1 aromatic rings. The van der Waals surface area contributed by atoms with Crippen LogP contribution in [0.4, 0.5) is 4.79 Å². The molecule has 0 bridgehead atoms. The molecular weight excluding hydrogens is 418 g/mol. The van der Waals surface area contributed by atoms with Crippen LogP contribution >= 0.6 is 0 Å². The zero-order valence-corrected chi connectivity index (χ0v) is 21.1. The average Bonchev–Trinajstić information content (AvgIpc) is 2.73. The van der Waals surface area contributed by atoms with Crippen molar-refractivity contribution < 1.29 is 19.1 Å². The fraction of sp³-hybridized carbons (Fsp3) is 0.654. The Kier molecular flexibility index (Phi) is 9.74. The molecule has 184 valence electrons. The molecule has 2 N–H and O–H groups in total. The Bertz CT molecular complexity index is 825. The van der Waals surface area contributed by atoms with Crippen LogP contribution in [0.25, 0.3) is 0 Å². The van der Waals surface area contributed by atoms with Gasteiger partial charge in [-0.2, -0.15) is 0 Å². The van der Waals surface area contributed by atoms with E-state index in [1.165, 1.54) is 6.42 Å². The number of rotatable bonds is 8. The first-order chi connectivity index (χ1) is 15.5. The second kappa shape index (κ2) is 12.1. The summed E-state index contributed by atoms with van der Waals surface area (Å²) in [6.45, 7) is 11.5. The lowest BCUT2D eigenvalue weighted by Crippen LogP contribution is -2.50. The minimum atomic E-state index is -0.751. The summed E-state index contributed by atoms with van der Waals surface area (Å²) in [6, 6.07) is 5.28. The lowest BCUT2D eigenvalue weighted by molar-refractivity contribution is -0.140. The normalized spacial score (nSPS) is 15.5. The van der Waals surface area contributed by atoms with Crippen LogP contribution in [-0.4, -0.2) is 47.5 Å². The van der Waals surface area contributed by atoms with Gasteiger partial charge in [0.25, 0.3) is 0 Å². The summed E-state index contributed by atoms with van der Waals surface area (Å²) in [7, 11) is 0. The van der Waals surface area contributed by atoms with E-state index in [1.54, 1.807) is 25.7 Å². The molecule has 1 aliphatic carbocycles. The first-order valence-corrected chi connectivity index (χ1v) is 12.2. The first kappa shape index (κ1) is 26.7. The van der Waals surface area contributed by atoms with Crippen LogP contribution < -0.4 is 10.6 Å². The van der Waals surface area contributed by atoms with Gasteiger partial charge in [-0.05, 0) is 70.6 Å². The van der Waals surface area contributed by atoms with Crippen molar-refractivity contribution >= 4 is 17.9 Å². The van der Waals surface area contributed by atoms with Gasteiger partial charge in [-0.15, -0.1) is 0 Å². The van der Waals surface area contributed by atoms with E-state index in [9.17, 15) is 14.4 Å². The fourth-order valence-corrected chi connectivity index (χ4v) is 4.14. The van der Waals surface area contributed by atoms with E-state index in [4.69, 9.17) is 4.74 Å². The monoisotopic (exact) mass is 459 g/mol. The quantitative estimate of drug-likeness (QED) is 0.597. The van der Waals surface area contributed by atoms with Gasteiger partial charge >= 0.3 is 6.09 Å². The predicted molar refractivity (Wildman–Crippen MR) is 130 cm³/mol. The number of alkyl carbamates (subject to hydrolysis) is 1. The number of nitrogens with zero attached hydrogens (tertiary/aromatic N) is 1. The zero-order valence-electron chi connectivity index (χ0n) is 21.1. The average molecular weight is 460 g/mol. The van der Waals surface area contributed by atoms with E-state index in [0.29, 0.717) is 13.0 Å². The second-order valence-electron chi connectivity index (χ2n) is 10.0. The van der Waals surface area contributed by atoms with Gasteiger partial charge in [0.15, 0.2) is 0 Å². The Labute approximate surface area is 198 Å². The lowest BCUT2D eigenvalue weighted by Gasteiger charge is -2.33. The highest BCUT2D eigenvalue weighted by molar-refractivity contribution is 5.90. The number of nitrogens with one attached hydrogen (secondary N) is 2. The highest BCUT2D eigenvalue weighted by Gasteiger charge is 2.33. The largest absolute Gasteiger partial charge is 0.444 e. The summed E-state index contributed by atoms with van der Waals surface area (Å²) in [6.07, 6.45) is 5.38. The summed E-state index contributed by atoms with van der Waals surface area (Å²) < 4.78 is 5.25. The molecule has 2 rings (SSSR count). The fourth-order valence-electron chi connectivity index (χ4n) is 4.14. The van der Waals surface area contributed by atoms with Crippen molar-refractivity contribution in [1.82, 2.24) is 15.5 Å². The zero-order chi connectivity index (χ0) is 24.6. The van der Waals surface area contributed by atoms with Crippen LogP contribution in [-0.2, 0) is 14.3 Å². The summed E-state index contributed by atoms with van der Waals surface area (Å²) >= 11 is 0. The number of ether oxygens (including phenoxy) is 1. The Morgan fingerprint density at radius 1 is 1.09 bits per heavy atom. The number of carbonyl (C=O) groups is 3. The number of benzene rings is 1. The number of carbonyl (C=O) groups excluding carboxylic acids is 3. The minimum Gasteiger partial charge on any atom is -0.444 e. The Balaban J connectivity index is 2.27. The molecule has 0 saturated heterocycles. The number of amides is 3. The summed E-state index contributed by atoms with van der Waals surface area (Å²) in [5, 5.41) is 5.74. The maximum absolute atomic E-state index is 13.5. The third-order valence-corrected chi connectivity index (χ3v) is 5.93. The van der Waals surface area contributed by atoms with Crippen molar-refractivity contribution in [2.45, 2.75) is 97.8 Å². The highest BCUT2D eigenvalue weighted by Crippen LogP contribution is 2.26. The van der Waals surface area contributed by atoms with Crippen LogP contribution in [0.5, 0.6) is 0 Å². The van der Waals surface area contributed by atoms with E-state index in [1.807, 2.05) is 39.0 Å². The molecule has 1 aromatic carbocycles. The number of aryl methyl sites for hydroxylation is 2. The number of hydrogen-bond donors (Lipinski definition) is 2. The molecule has 1 saturated carbocycles. The third kappa shape index (κ3) is 8.37. The molecule has 3 amide bonds. The Hall–Kier alpha value is -2.57. The second-order valence-corrected chi connectivity index (χ2v) is 10.0. The van der Waals surface area contributed by atoms with Crippen molar-refractivity contribution in [2.75, 3.05) is 13.1 Å². The van der Waals surface area contributed by atoms with Gasteiger partial charge in [-0.1, -0.05) is 44.4 Å². The van der Waals surface area contributed by atoms with Gasteiger partial charge in [0, 0.05) is 12.6 Å². The molecule has 1 aliphatic rings. The van der Waals surface area contributed by atoms with Gasteiger partial charge in [0.2, 0.25) is 11.8 Å². The van der Waals surface area contributed by atoms with Gasteiger partial charge < -0.3 is 20.3 Å². The Morgan fingerprint density at radius 3 is 2.33 bits per heavy atom. The molecule has 33 heavy (non-hydrogen) atoms. The molecule has 1 unspecified atom stereocenters. The molecule has 7 heteroatoms.